The highest BCUT2D eigenvalue weighted by molar-refractivity contribution is 5.69. The van der Waals surface area contributed by atoms with Gasteiger partial charge in [0.15, 0.2) is 0 Å². The SMILES string of the molecule is COC(=O)N1C[C@@H]2C[C@H]1c1c(O)n(-c3cnc(C#N)c(C)c3)c(=O)n12. The van der Waals surface area contributed by atoms with E-state index in [2.05, 4.69) is 4.98 Å². The lowest BCUT2D eigenvalue weighted by molar-refractivity contribution is 0.112. The largest absolute Gasteiger partial charge is 0.493 e. The van der Waals surface area contributed by atoms with Crippen molar-refractivity contribution in [2.75, 3.05) is 13.7 Å². The first kappa shape index (κ1) is 15.3. The van der Waals surface area contributed by atoms with E-state index >= 15 is 0 Å². The number of imidazole rings is 1. The van der Waals surface area contributed by atoms with Crippen LogP contribution < -0.4 is 5.69 Å². The van der Waals surface area contributed by atoms with Crippen molar-refractivity contribution in [1.29, 1.82) is 5.26 Å². The van der Waals surface area contributed by atoms with Gasteiger partial charge in [-0.25, -0.2) is 19.1 Å². The third-order valence-electron chi connectivity index (χ3n) is 4.89. The number of rotatable bonds is 1. The van der Waals surface area contributed by atoms with Gasteiger partial charge in [-0.15, -0.1) is 0 Å². The number of amides is 1. The molecule has 0 spiro atoms. The van der Waals surface area contributed by atoms with Crippen LogP contribution in [0.4, 0.5) is 4.79 Å². The molecular formula is C16H15N5O4. The van der Waals surface area contributed by atoms with Crippen LogP contribution in [0.3, 0.4) is 0 Å². The molecule has 0 unspecified atom stereocenters. The molecule has 9 heteroatoms. The summed E-state index contributed by atoms with van der Waals surface area (Å²) >= 11 is 0. The second-order valence-corrected chi connectivity index (χ2v) is 6.20. The Morgan fingerprint density at radius 3 is 2.92 bits per heavy atom. The summed E-state index contributed by atoms with van der Waals surface area (Å²) in [5.74, 6) is -0.211. The van der Waals surface area contributed by atoms with Gasteiger partial charge in [0.25, 0.3) is 0 Å². The minimum absolute atomic E-state index is 0.189. The van der Waals surface area contributed by atoms with Crippen LogP contribution >= 0.6 is 0 Å². The Morgan fingerprint density at radius 2 is 2.28 bits per heavy atom. The first-order valence-corrected chi connectivity index (χ1v) is 7.75. The molecule has 2 aliphatic rings. The van der Waals surface area contributed by atoms with E-state index in [-0.39, 0.29) is 29.3 Å². The molecule has 0 aromatic carbocycles. The number of likely N-dealkylation sites (tertiary alicyclic amines) is 1. The number of carbonyl (C=O) groups is 1. The van der Waals surface area contributed by atoms with E-state index in [1.807, 2.05) is 6.07 Å². The van der Waals surface area contributed by atoms with Crippen molar-refractivity contribution >= 4 is 6.09 Å². The monoisotopic (exact) mass is 341 g/mol. The second-order valence-electron chi connectivity index (χ2n) is 6.20. The predicted molar refractivity (Wildman–Crippen MR) is 84.4 cm³/mol. The van der Waals surface area contributed by atoms with Gasteiger partial charge in [-0.2, -0.15) is 5.26 Å². The first-order valence-electron chi connectivity index (χ1n) is 7.75. The molecule has 25 heavy (non-hydrogen) atoms. The predicted octanol–water partition coefficient (Wildman–Crippen LogP) is 0.988. The lowest BCUT2D eigenvalue weighted by Crippen LogP contribution is -2.37. The van der Waals surface area contributed by atoms with Crippen LogP contribution in [-0.4, -0.2) is 43.9 Å². The lowest BCUT2D eigenvalue weighted by atomic mass is 10.2. The number of pyridine rings is 1. The normalized spacial score (nSPS) is 20.4. The molecule has 2 bridgehead atoms. The average molecular weight is 341 g/mol. The summed E-state index contributed by atoms with van der Waals surface area (Å²) in [6, 6.07) is 3.02. The maximum atomic E-state index is 12.8. The van der Waals surface area contributed by atoms with Gasteiger partial charge in [-0.3, -0.25) is 9.47 Å². The summed E-state index contributed by atoms with van der Waals surface area (Å²) < 4.78 is 7.47. The quantitative estimate of drug-likeness (QED) is 0.827. The van der Waals surface area contributed by atoms with Gasteiger partial charge >= 0.3 is 11.8 Å². The Kier molecular flexibility index (Phi) is 3.12. The molecule has 2 aromatic rings. The van der Waals surface area contributed by atoms with Gasteiger partial charge in [0.1, 0.15) is 17.5 Å². The van der Waals surface area contributed by atoms with Crippen LogP contribution in [0.25, 0.3) is 5.69 Å². The van der Waals surface area contributed by atoms with Crippen LogP contribution in [0.15, 0.2) is 17.1 Å². The topological polar surface area (TPSA) is 113 Å². The van der Waals surface area contributed by atoms with Gasteiger partial charge in [0, 0.05) is 6.54 Å². The zero-order valence-corrected chi connectivity index (χ0v) is 13.6. The van der Waals surface area contributed by atoms with Crippen LogP contribution in [-0.2, 0) is 4.74 Å². The van der Waals surface area contributed by atoms with Crippen LogP contribution in [0.5, 0.6) is 5.88 Å². The number of nitrogens with zero attached hydrogens (tertiary/aromatic N) is 5. The third kappa shape index (κ3) is 1.91. The van der Waals surface area contributed by atoms with Crippen molar-refractivity contribution in [2.24, 2.45) is 0 Å². The molecule has 0 saturated carbocycles. The molecule has 1 saturated heterocycles. The molecule has 2 aliphatic heterocycles. The minimum Gasteiger partial charge on any atom is -0.493 e. The van der Waals surface area contributed by atoms with Crippen LogP contribution in [0, 0.1) is 18.3 Å². The number of aromatic hydroxyl groups is 1. The number of nitriles is 1. The van der Waals surface area contributed by atoms with E-state index in [9.17, 15) is 14.7 Å². The number of aromatic nitrogens is 3. The Labute approximate surface area is 142 Å². The summed E-state index contributed by atoms with van der Waals surface area (Å²) in [4.78, 5) is 30.3. The molecule has 9 nitrogen and oxygen atoms in total. The van der Waals surface area contributed by atoms with Gasteiger partial charge in [-0.05, 0) is 25.0 Å². The van der Waals surface area contributed by atoms with E-state index in [0.29, 0.717) is 29.9 Å². The number of aryl methyl sites for hydroxylation is 1. The zero-order chi connectivity index (χ0) is 17.9. The molecular weight excluding hydrogens is 326 g/mol. The summed E-state index contributed by atoms with van der Waals surface area (Å²) in [6.07, 6.45) is 1.48. The highest BCUT2D eigenvalue weighted by Crippen LogP contribution is 2.48. The number of carbonyl (C=O) groups excluding carboxylic acids is 1. The van der Waals surface area contributed by atoms with E-state index in [0.717, 1.165) is 4.57 Å². The van der Waals surface area contributed by atoms with Gasteiger partial charge < -0.3 is 9.84 Å². The molecule has 0 aliphatic carbocycles. The van der Waals surface area contributed by atoms with E-state index in [4.69, 9.17) is 10.00 Å². The van der Waals surface area contributed by atoms with Crippen molar-refractivity contribution in [3.63, 3.8) is 0 Å². The number of ether oxygens (including phenoxy) is 1. The molecule has 2 atom stereocenters. The van der Waals surface area contributed by atoms with Crippen LogP contribution in [0.2, 0.25) is 0 Å². The highest BCUT2D eigenvalue weighted by Gasteiger charge is 2.49. The molecule has 1 N–H and O–H groups in total. The molecule has 128 valence electrons. The minimum atomic E-state index is -0.478. The smallest absolute Gasteiger partial charge is 0.410 e. The van der Waals surface area contributed by atoms with Gasteiger partial charge in [-0.1, -0.05) is 0 Å². The number of fused-ring (bicyclic) bond motifs is 5. The summed E-state index contributed by atoms with van der Waals surface area (Å²) in [5.41, 5.74) is 1.28. The molecule has 4 rings (SSSR count). The number of methoxy groups -OCH3 is 1. The lowest BCUT2D eigenvalue weighted by Gasteiger charge is -2.26. The van der Waals surface area contributed by atoms with Crippen molar-refractivity contribution in [3.05, 3.63) is 39.7 Å². The second kappa shape index (κ2) is 5.11. The molecule has 1 fully saturated rings. The van der Waals surface area contributed by atoms with Crippen molar-refractivity contribution < 1.29 is 14.6 Å². The van der Waals surface area contributed by atoms with Crippen molar-refractivity contribution in [3.8, 4) is 17.6 Å². The van der Waals surface area contributed by atoms with Crippen molar-refractivity contribution in [1.82, 2.24) is 19.0 Å². The number of hydrogen-bond acceptors (Lipinski definition) is 6. The average Bonchev–Trinajstić information content (AvgIpc) is 3.26. The fourth-order valence-corrected chi connectivity index (χ4v) is 3.80. The Hall–Kier alpha value is -3.28. The Morgan fingerprint density at radius 1 is 1.52 bits per heavy atom. The van der Waals surface area contributed by atoms with Crippen LogP contribution in [0.1, 0.15) is 35.5 Å². The maximum absolute atomic E-state index is 12.8. The summed E-state index contributed by atoms with van der Waals surface area (Å²) in [6.45, 7) is 2.09. The standard InChI is InChI=1S/C16H15N5O4/c1-8-3-9(6-18-11(8)5-17)21-14(22)13-12-4-10(20(13)15(21)23)7-19(12)16(24)25-2/h3,6,10,12,22H,4,7H2,1-2H3/t10-,12-/m0/s1. The molecule has 2 aromatic heterocycles. The van der Waals surface area contributed by atoms with E-state index in [1.54, 1.807) is 13.0 Å². The van der Waals surface area contributed by atoms with E-state index in [1.165, 1.54) is 22.8 Å². The summed E-state index contributed by atoms with van der Waals surface area (Å²) in [7, 11) is 1.30. The fourth-order valence-electron chi connectivity index (χ4n) is 3.80. The third-order valence-corrected chi connectivity index (χ3v) is 4.89. The molecule has 0 radical (unpaired) electrons. The number of hydrogen-bond donors (Lipinski definition) is 1. The summed E-state index contributed by atoms with van der Waals surface area (Å²) in [5, 5.41) is 19.6. The first-order chi connectivity index (χ1) is 12.0. The van der Waals surface area contributed by atoms with Gasteiger partial charge in [0.05, 0.1) is 31.1 Å². The highest BCUT2D eigenvalue weighted by atomic mass is 16.5. The molecule has 1 amide bonds. The van der Waals surface area contributed by atoms with E-state index < -0.39 is 6.09 Å². The van der Waals surface area contributed by atoms with Gasteiger partial charge in [0.2, 0.25) is 5.88 Å². The Balaban J connectivity index is 1.85. The van der Waals surface area contributed by atoms with Crippen molar-refractivity contribution in [2.45, 2.75) is 25.4 Å². The molecule has 4 heterocycles. The maximum Gasteiger partial charge on any atom is 0.410 e. The fraction of sp³-hybridized carbons (Fsp3) is 0.375. The Bertz CT molecular complexity index is 999. The zero-order valence-electron chi connectivity index (χ0n) is 13.6.